The van der Waals surface area contributed by atoms with E-state index in [1.54, 1.807) is 13.1 Å². The number of halogens is 2. The standard InChI is InChI=1S/C12H12F2N2S/c1-8(16-7-11-15-5-6-17-11)12-9(13)3-2-4-10(12)14/h2-6,8,16H,7H2,1H3. The molecule has 1 aromatic heterocycles. The molecule has 2 aromatic rings. The van der Waals surface area contributed by atoms with Crippen molar-refractivity contribution >= 4 is 11.3 Å². The van der Waals surface area contributed by atoms with Crippen LogP contribution in [0.4, 0.5) is 8.78 Å². The lowest BCUT2D eigenvalue weighted by atomic mass is 10.1. The van der Waals surface area contributed by atoms with Crippen molar-refractivity contribution in [1.82, 2.24) is 10.3 Å². The second kappa shape index (κ2) is 5.33. The van der Waals surface area contributed by atoms with Gasteiger partial charge in [-0.3, -0.25) is 0 Å². The van der Waals surface area contributed by atoms with Crippen molar-refractivity contribution in [2.24, 2.45) is 0 Å². The Morgan fingerprint density at radius 3 is 2.65 bits per heavy atom. The fourth-order valence-electron chi connectivity index (χ4n) is 1.61. The Balaban J connectivity index is 2.07. The first-order valence-electron chi connectivity index (χ1n) is 5.24. The van der Waals surface area contributed by atoms with E-state index in [0.29, 0.717) is 6.54 Å². The quantitative estimate of drug-likeness (QED) is 0.905. The third-order valence-electron chi connectivity index (χ3n) is 2.48. The molecule has 90 valence electrons. The molecule has 0 aliphatic carbocycles. The summed E-state index contributed by atoms with van der Waals surface area (Å²) >= 11 is 1.51. The SMILES string of the molecule is CC(NCc1nccs1)c1c(F)cccc1F. The third kappa shape index (κ3) is 2.87. The van der Waals surface area contributed by atoms with Crippen LogP contribution in [-0.4, -0.2) is 4.98 Å². The largest absolute Gasteiger partial charge is 0.304 e. The van der Waals surface area contributed by atoms with Gasteiger partial charge in [-0.1, -0.05) is 6.07 Å². The lowest BCUT2D eigenvalue weighted by Crippen LogP contribution is -2.20. The second-order valence-electron chi connectivity index (χ2n) is 3.66. The summed E-state index contributed by atoms with van der Waals surface area (Å²) in [6.07, 6.45) is 1.70. The van der Waals surface area contributed by atoms with Crippen LogP contribution in [0, 0.1) is 11.6 Å². The minimum Gasteiger partial charge on any atom is -0.304 e. The van der Waals surface area contributed by atoms with Crippen molar-refractivity contribution in [2.75, 3.05) is 0 Å². The van der Waals surface area contributed by atoms with E-state index in [9.17, 15) is 8.78 Å². The highest BCUT2D eigenvalue weighted by atomic mass is 32.1. The molecule has 0 saturated heterocycles. The van der Waals surface area contributed by atoms with Crippen molar-refractivity contribution in [1.29, 1.82) is 0 Å². The Hall–Kier alpha value is -1.33. The Labute approximate surface area is 102 Å². The minimum absolute atomic E-state index is 0.0732. The van der Waals surface area contributed by atoms with Gasteiger partial charge in [0.2, 0.25) is 0 Å². The van der Waals surface area contributed by atoms with E-state index < -0.39 is 11.6 Å². The molecular formula is C12H12F2N2S. The van der Waals surface area contributed by atoms with Crippen LogP contribution >= 0.6 is 11.3 Å². The van der Waals surface area contributed by atoms with Crippen LogP contribution in [0.15, 0.2) is 29.8 Å². The number of hydrogen-bond acceptors (Lipinski definition) is 3. The van der Waals surface area contributed by atoms with Crippen molar-refractivity contribution in [2.45, 2.75) is 19.5 Å². The van der Waals surface area contributed by atoms with Gasteiger partial charge in [-0.05, 0) is 19.1 Å². The number of hydrogen-bond donors (Lipinski definition) is 1. The molecule has 5 heteroatoms. The summed E-state index contributed by atoms with van der Waals surface area (Å²) in [4.78, 5) is 4.10. The van der Waals surface area contributed by atoms with Gasteiger partial charge in [-0.15, -0.1) is 11.3 Å². The molecule has 2 nitrogen and oxygen atoms in total. The van der Waals surface area contributed by atoms with Gasteiger partial charge in [-0.25, -0.2) is 13.8 Å². The average molecular weight is 254 g/mol. The van der Waals surface area contributed by atoms with Crippen LogP contribution in [0.2, 0.25) is 0 Å². The van der Waals surface area contributed by atoms with E-state index in [1.807, 2.05) is 5.38 Å². The van der Waals surface area contributed by atoms with Crippen molar-refractivity contribution in [3.8, 4) is 0 Å². The number of aromatic nitrogens is 1. The van der Waals surface area contributed by atoms with E-state index in [-0.39, 0.29) is 11.6 Å². The Kier molecular flexibility index (Phi) is 3.81. The number of nitrogens with zero attached hydrogens (tertiary/aromatic N) is 1. The maximum Gasteiger partial charge on any atom is 0.130 e. The molecule has 1 unspecified atom stereocenters. The highest BCUT2D eigenvalue weighted by Gasteiger charge is 2.15. The van der Waals surface area contributed by atoms with Gasteiger partial charge >= 0.3 is 0 Å². The van der Waals surface area contributed by atoms with Crippen molar-refractivity contribution in [3.63, 3.8) is 0 Å². The number of nitrogens with one attached hydrogen (secondary N) is 1. The first-order chi connectivity index (χ1) is 8.18. The highest BCUT2D eigenvalue weighted by molar-refractivity contribution is 7.09. The van der Waals surface area contributed by atoms with Gasteiger partial charge in [-0.2, -0.15) is 0 Å². The molecule has 1 aromatic carbocycles. The molecule has 0 amide bonds. The fourth-order valence-corrected chi connectivity index (χ4v) is 2.17. The minimum atomic E-state index is -0.524. The third-order valence-corrected chi connectivity index (χ3v) is 3.26. The summed E-state index contributed by atoms with van der Waals surface area (Å²) in [5.74, 6) is -1.05. The molecule has 17 heavy (non-hydrogen) atoms. The van der Waals surface area contributed by atoms with Crippen LogP contribution in [0.3, 0.4) is 0 Å². The smallest absolute Gasteiger partial charge is 0.130 e. The van der Waals surface area contributed by atoms with Crippen molar-refractivity contribution < 1.29 is 8.78 Å². The summed E-state index contributed by atoms with van der Waals surface area (Å²) in [6.45, 7) is 2.24. The molecule has 0 aliphatic rings. The molecule has 1 atom stereocenters. The van der Waals surface area contributed by atoms with Crippen molar-refractivity contribution in [3.05, 3.63) is 52.0 Å². The summed E-state index contributed by atoms with van der Waals surface area (Å²) in [5.41, 5.74) is 0.0732. The molecular weight excluding hydrogens is 242 g/mol. The molecule has 2 rings (SSSR count). The van der Waals surface area contributed by atoms with Crippen LogP contribution in [-0.2, 0) is 6.54 Å². The predicted octanol–water partition coefficient (Wildman–Crippen LogP) is 3.27. The molecule has 0 aliphatic heterocycles. The highest BCUT2D eigenvalue weighted by Crippen LogP contribution is 2.20. The monoisotopic (exact) mass is 254 g/mol. The Bertz CT molecular complexity index is 465. The molecule has 0 fully saturated rings. The Morgan fingerprint density at radius 2 is 2.06 bits per heavy atom. The average Bonchev–Trinajstić information content (AvgIpc) is 2.79. The number of thiazole rings is 1. The van der Waals surface area contributed by atoms with E-state index in [1.165, 1.54) is 29.5 Å². The maximum absolute atomic E-state index is 13.5. The number of benzene rings is 1. The molecule has 0 bridgehead atoms. The number of rotatable bonds is 4. The summed E-state index contributed by atoms with van der Waals surface area (Å²) < 4.78 is 26.9. The summed E-state index contributed by atoms with van der Waals surface area (Å²) in [5, 5.41) is 5.81. The van der Waals surface area contributed by atoms with Gasteiger partial charge in [0.1, 0.15) is 16.6 Å². The Morgan fingerprint density at radius 1 is 1.35 bits per heavy atom. The van der Waals surface area contributed by atoms with Crippen LogP contribution in [0.1, 0.15) is 23.5 Å². The first-order valence-corrected chi connectivity index (χ1v) is 6.12. The van der Waals surface area contributed by atoms with Gasteiger partial charge < -0.3 is 5.32 Å². The van der Waals surface area contributed by atoms with Gasteiger partial charge in [0.15, 0.2) is 0 Å². The van der Waals surface area contributed by atoms with E-state index in [0.717, 1.165) is 5.01 Å². The lowest BCUT2D eigenvalue weighted by molar-refractivity contribution is 0.487. The zero-order valence-electron chi connectivity index (χ0n) is 9.28. The normalized spacial score (nSPS) is 12.6. The topological polar surface area (TPSA) is 24.9 Å². The molecule has 0 saturated carbocycles. The molecule has 0 spiro atoms. The lowest BCUT2D eigenvalue weighted by Gasteiger charge is -2.14. The van der Waals surface area contributed by atoms with Crippen LogP contribution in [0.5, 0.6) is 0 Å². The summed E-state index contributed by atoms with van der Waals surface area (Å²) in [7, 11) is 0. The maximum atomic E-state index is 13.5. The first kappa shape index (κ1) is 12.1. The fraction of sp³-hybridized carbons (Fsp3) is 0.250. The van der Waals surface area contributed by atoms with Gasteiger partial charge in [0.25, 0.3) is 0 Å². The molecule has 0 radical (unpaired) electrons. The van der Waals surface area contributed by atoms with Crippen LogP contribution in [0.25, 0.3) is 0 Å². The van der Waals surface area contributed by atoms with E-state index in [2.05, 4.69) is 10.3 Å². The molecule has 1 N–H and O–H groups in total. The second-order valence-corrected chi connectivity index (χ2v) is 4.64. The zero-order chi connectivity index (χ0) is 12.3. The van der Waals surface area contributed by atoms with Gasteiger partial charge in [0.05, 0.1) is 0 Å². The molecule has 1 heterocycles. The van der Waals surface area contributed by atoms with Crippen LogP contribution < -0.4 is 5.32 Å². The van der Waals surface area contributed by atoms with E-state index >= 15 is 0 Å². The predicted molar refractivity (Wildman–Crippen MR) is 63.7 cm³/mol. The zero-order valence-corrected chi connectivity index (χ0v) is 10.1. The van der Waals surface area contributed by atoms with Gasteiger partial charge in [0, 0.05) is 29.7 Å². The van der Waals surface area contributed by atoms with E-state index in [4.69, 9.17) is 0 Å². The summed E-state index contributed by atoms with van der Waals surface area (Å²) in [6, 6.07) is 3.50.